The summed E-state index contributed by atoms with van der Waals surface area (Å²) in [5.41, 5.74) is 0. The Bertz CT molecular complexity index is 1580. The van der Waals surface area contributed by atoms with Crippen LogP contribution < -0.4 is 0 Å². The van der Waals surface area contributed by atoms with Gasteiger partial charge in [0.25, 0.3) is 0 Å². The Morgan fingerprint density at radius 3 is 0.765 bits per heavy atom. The summed E-state index contributed by atoms with van der Waals surface area (Å²) in [5, 5.41) is 0. The molecule has 0 fully saturated rings. The molecular formula is C75H130O6. The molecule has 0 spiro atoms. The van der Waals surface area contributed by atoms with Crippen molar-refractivity contribution >= 4 is 17.9 Å². The molecule has 6 heteroatoms. The number of esters is 3. The van der Waals surface area contributed by atoms with Crippen molar-refractivity contribution in [3.63, 3.8) is 0 Å². The van der Waals surface area contributed by atoms with Gasteiger partial charge in [-0.25, -0.2) is 0 Å². The summed E-state index contributed by atoms with van der Waals surface area (Å²) in [4.78, 5) is 38.1. The predicted octanol–water partition coefficient (Wildman–Crippen LogP) is 24.0. The van der Waals surface area contributed by atoms with Crippen LogP contribution in [0, 0.1) is 0 Å². The van der Waals surface area contributed by atoms with Crippen molar-refractivity contribution < 1.29 is 28.6 Å². The van der Waals surface area contributed by atoms with Gasteiger partial charge in [-0.05, 0) is 103 Å². The van der Waals surface area contributed by atoms with Crippen LogP contribution in [0.15, 0.2) is 97.2 Å². The minimum atomic E-state index is -0.775. The van der Waals surface area contributed by atoms with E-state index < -0.39 is 6.10 Å². The molecule has 0 rings (SSSR count). The zero-order chi connectivity index (χ0) is 58.5. The Morgan fingerprint density at radius 1 is 0.259 bits per heavy atom. The third-order valence-corrected chi connectivity index (χ3v) is 15.1. The van der Waals surface area contributed by atoms with Crippen molar-refractivity contribution in [2.75, 3.05) is 13.2 Å². The molecule has 0 aromatic carbocycles. The van der Waals surface area contributed by atoms with Crippen LogP contribution in [0.5, 0.6) is 0 Å². The van der Waals surface area contributed by atoms with Crippen molar-refractivity contribution in [2.24, 2.45) is 0 Å². The first-order valence-electron chi connectivity index (χ1n) is 34.7. The Morgan fingerprint density at radius 2 is 0.481 bits per heavy atom. The summed E-state index contributed by atoms with van der Waals surface area (Å²) in [6, 6.07) is 0. The first kappa shape index (κ1) is 77.3. The third-order valence-electron chi connectivity index (χ3n) is 15.1. The average Bonchev–Trinajstić information content (AvgIpc) is 3.47. The van der Waals surface area contributed by atoms with Crippen LogP contribution in [0.4, 0.5) is 0 Å². The molecule has 0 radical (unpaired) electrons. The molecule has 0 aromatic heterocycles. The highest BCUT2D eigenvalue weighted by molar-refractivity contribution is 5.71. The van der Waals surface area contributed by atoms with E-state index >= 15 is 0 Å². The minimum Gasteiger partial charge on any atom is -0.462 e. The SMILES string of the molecule is CC/C=C\C/C=C\C/C=C\C/C=C\C/C=C\C/C=C\C/C=C\CCCCCCCCCCCCCCCC(=O)OCC(COC(=O)CCCCCCCCC)OC(=O)CCCCCCCCCCC/C=C\CCCCCCCCCC. The molecule has 0 aliphatic heterocycles. The zero-order valence-electron chi connectivity index (χ0n) is 53.5. The lowest BCUT2D eigenvalue weighted by Crippen LogP contribution is -2.30. The van der Waals surface area contributed by atoms with Gasteiger partial charge in [-0.15, -0.1) is 0 Å². The zero-order valence-corrected chi connectivity index (χ0v) is 53.5. The second kappa shape index (κ2) is 68.8. The topological polar surface area (TPSA) is 78.9 Å². The summed E-state index contributed by atoms with van der Waals surface area (Å²) < 4.78 is 16.9. The van der Waals surface area contributed by atoms with Gasteiger partial charge < -0.3 is 14.2 Å². The highest BCUT2D eigenvalue weighted by Crippen LogP contribution is 2.17. The van der Waals surface area contributed by atoms with E-state index in [4.69, 9.17) is 14.2 Å². The maximum Gasteiger partial charge on any atom is 0.306 e. The smallest absolute Gasteiger partial charge is 0.306 e. The van der Waals surface area contributed by atoms with Gasteiger partial charge in [0.05, 0.1) is 0 Å². The fourth-order valence-corrected chi connectivity index (χ4v) is 9.89. The van der Waals surface area contributed by atoms with Gasteiger partial charge in [-0.3, -0.25) is 14.4 Å². The second-order valence-electron chi connectivity index (χ2n) is 23.1. The van der Waals surface area contributed by atoms with Crippen LogP contribution in [0.3, 0.4) is 0 Å². The van der Waals surface area contributed by atoms with Gasteiger partial charge in [-0.1, -0.05) is 317 Å². The molecule has 1 unspecified atom stereocenters. The molecule has 0 amide bonds. The second-order valence-corrected chi connectivity index (χ2v) is 23.1. The lowest BCUT2D eigenvalue weighted by molar-refractivity contribution is -0.167. The highest BCUT2D eigenvalue weighted by Gasteiger charge is 2.19. The molecule has 6 nitrogen and oxygen atoms in total. The predicted molar refractivity (Wildman–Crippen MR) is 353 cm³/mol. The molecule has 0 bridgehead atoms. The molecule has 81 heavy (non-hydrogen) atoms. The summed E-state index contributed by atoms with van der Waals surface area (Å²) in [5.74, 6) is -0.870. The Hall–Kier alpha value is -3.67. The Labute approximate surface area is 502 Å². The number of hydrogen-bond acceptors (Lipinski definition) is 6. The molecule has 1 atom stereocenters. The standard InChI is InChI=1S/C75H130O6/c1-4-7-10-13-16-18-20-22-24-26-28-30-31-32-33-34-35-36-37-38-39-40-41-42-43-45-46-48-50-52-54-56-59-62-65-68-74(77)80-71-72(70-79-73(76)67-64-61-58-15-12-9-6-3)81-75(78)69-66-63-60-57-55-53-51-49-47-44-29-27-25-23-21-19-17-14-11-8-5-2/h7,10,16,18,22,24,27-30,32-33,35-36,38-39,72H,4-6,8-9,11-15,17,19-21,23,25-26,31,34,37,40-71H2,1-3H3/b10-7-,18-16-,24-22-,29-27-,30-28-,33-32-,36-35-,39-38-. The molecule has 466 valence electrons. The van der Waals surface area contributed by atoms with Crippen molar-refractivity contribution in [3.05, 3.63) is 97.2 Å². The van der Waals surface area contributed by atoms with Crippen LogP contribution in [-0.4, -0.2) is 37.2 Å². The van der Waals surface area contributed by atoms with Crippen LogP contribution in [-0.2, 0) is 28.6 Å². The summed E-state index contributed by atoms with van der Waals surface area (Å²) in [6.07, 6.45) is 93.2. The maximum absolute atomic E-state index is 12.9. The lowest BCUT2D eigenvalue weighted by Gasteiger charge is -2.18. The fourth-order valence-electron chi connectivity index (χ4n) is 9.89. The van der Waals surface area contributed by atoms with Gasteiger partial charge in [0.1, 0.15) is 13.2 Å². The van der Waals surface area contributed by atoms with E-state index in [0.717, 1.165) is 103 Å². The number of carbonyl (C=O) groups excluding carboxylic acids is 3. The molecule has 0 saturated heterocycles. The van der Waals surface area contributed by atoms with Gasteiger partial charge in [0, 0.05) is 19.3 Å². The average molecular weight is 1130 g/mol. The monoisotopic (exact) mass is 1130 g/mol. The Balaban J connectivity index is 4.05. The van der Waals surface area contributed by atoms with Crippen LogP contribution in [0.25, 0.3) is 0 Å². The van der Waals surface area contributed by atoms with Crippen LogP contribution in [0.1, 0.15) is 342 Å². The molecular weight excluding hydrogens is 997 g/mol. The number of hydrogen-bond donors (Lipinski definition) is 0. The maximum atomic E-state index is 12.9. The van der Waals surface area contributed by atoms with Gasteiger partial charge in [0.2, 0.25) is 0 Å². The summed E-state index contributed by atoms with van der Waals surface area (Å²) >= 11 is 0. The van der Waals surface area contributed by atoms with E-state index in [2.05, 4.69) is 118 Å². The molecule has 0 aromatic rings. The van der Waals surface area contributed by atoms with Crippen molar-refractivity contribution in [1.29, 1.82) is 0 Å². The highest BCUT2D eigenvalue weighted by atomic mass is 16.6. The van der Waals surface area contributed by atoms with Gasteiger partial charge in [0.15, 0.2) is 6.10 Å². The number of unbranched alkanes of at least 4 members (excludes halogenated alkanes) is 36. The summed E-state index contributed by atoms with van der Waals surface area (Å²) in [7, 11) is 0. The third kappa shape index (κ3) is 67.0. The van der Waals surface area contributed by atoms with E-state index in [1.165, 1.54) is 199 Å². The van der Waals surface area contributed by atoms with Crippen molar-refractivity contribution in [3.8, 4) is 0 Å². The van der Waals surface area contributed by atoms with E-state index in [1.807, 2.05) is 0 Å². The molecule has 0 aliphatic carbocycles. The number of allylic oxidation sites excluding steroid dienone is 16. The molecule has 0 N–H and O–H groups in total. The normalized spacial score (nSPS) is 12.7. The first-order valence-corrected chi connectivity index (χ1v) is 34.7. The fraction of sp³-hybridized carbons (Fsp3) is 0.747. The Kier molecular flexibility index (Phi) is 65.7. The molecule has 0 heterocycles. The number of carbonyl (C=O) groups is 3. The number of rotatable bonds is 63. The van der Waals surface area contributed by atoms with Crippen LogP contribution in [0.2, 0.25) is 0 Å². The van der Waals surface area contributed by atoms with E-state index in [-0.39, 0.29) is 31.1 Å². The molecule has 0 saturated carbocycles. The first-order chi connectivity index (χ1) is 40.0. The van der Waals surface area contributed by atoms with Gasteiger partial charge >= 0.3 is 17.9 Å². The largest absolute Gasteiger partial charge is 0.462 e. The van der Waals surface area contributed by atoms with E-state index in [0.29, 0.717) is 19.3 Å². The van der Waals surface area contributed by atoms with E-state index in [9.17, 15) is 14.4 Å². The lowest BCUT2D eigenvalue weighted by atomic mass is 10.0. The van der Waals surface area contributed by atoms with Crippen LogP contribution >= 0.6 is 0 Å². The number of ether oxygens (including phenoxy) is 3. The van der Waals surface area contributed by atoms with E-state index in [1.54, 1.807) is 0 Å². The van der Waals surface area contributed by atoms with Crippen molar-refractivity contribution in [1.82, 2.24) is 0 Å². The van der Waals surface area contributed by atoms with Crippen molar-refractivity contribution in [2.45, 2.75) is 348 Å². The minimum absolute atomic E-state index is 0.0743. The summed E-state index contributed by atoms with van der Waals surface area (Å²) in [6.45, 7) is 6.52. The molecule has 0 aliphatic rings. The quantitative estimate of drug-likeness (QED) is 0.0261. The van der Waals surface area contributed by atoms with Gasteiger partial charge in [-0.2, -0.15) is 0 Å².